The predicted molar refractivity (Wildman–Crippen MR) is 85.0 cm³/mol. The average molecular weight is 300 g/mol. The van der Waals surface area contributed by atoms with Crippen molar-refractivity contribution < 1.29 is 14.6 Å². The van der Waals surface area contributed by atoms with Crippen LogP contribution in [0.3, 0.4) is 0 Å². The van der Waals surface area contributed by atoms with Gasteiger partial charge in [-0.15, -0.1) is 0 Å². The number of carbonyl (C=O) groups is 1. The molecule has 0 saturated carbocycles. The number of para-hydroxylation sites is 1. The number of nitrogens with one attached hydrogen (secondary N) is 2. The Labute approximate surface area is 129 Å². The van der Waals surface area contributed by atoms with Gasteiger partial charge in [0.2, 0.25) is 0 Å². The summed E-state index contributed by atoms with van der Waals surface area (Å²) in [6, 6.07) is 15.0. The Morgan fingerprint density at radius 3 is 2.55 bits per heavy atom. The highest BCUT2D eigenvalue weighted by Gasteiger charge is 2.06. The molecule has 5 heteroatoms. The van der Waals surface area contributed by atoms with Crippen LogP contribution in [0.4, 0.5) is 4.79 Å². The quantitative estimate of drug-likeness (QED) is 0.768. The molecule has 0 aliphatic heterocycles. The van der Waals surface area contributed by atoms with Gasteiger partial charge in [0.25, 0.3) is 0 Å². The van der Waals surface area contributed by atoms with E-state index in [1.807, 2.05) is 55.5 Å². The molecule has 0 aliphatic rings. The van der Waals surface area contributed by atoms with Gasteiger partial charge >= 0.3 is 6.03 Å². The SMILES string of the molecule is Cc1ccc(Oc2ccccc2CNC(=O)NCCO)cc1. The normalized spacial score (nSPS) is 10.1. The maximum absolute atomic E-state index is 11.5. The van der Waals surface area contributed by atoms with E-state index in [0.717, 1.165) is 11.3 Å². The van der Waals surface area contributed by atoms with Crippen molar-refractivity contribution in [1.29, 1.82) is 0 Å². The fourth-order valence-electron chi connectivity index (χ4n) is 1.89. The van der Waals surface area contributed by atoms with Crippen molar-refractivity contribution in [2.24, 2.45) is 0 Å². The smallest absolute Gasteiger partial charge is 0.315 e. The first-order valence-electron chi connectivity index (χ1n) is 7.14. The van der Waals surface area contributed by atoms with Gasteiger partial charge in [0.1, 0.15) is 11.5 Å². The summed E-state index contributed by atoms with van der Waals surface area (Å²) in [5, 5.41) is 13.9. The second kappa shape index (κ2) is 8.05. The molecule has 2 aromatic rings. The van der Waals surface area contributed by atoms with E-state index in [-0.39, 0.29) is 19.2 Å². The minimum atomic E-state index is -0.320. The Morgan fingerprint density at radius 2 is 1.82 bits per heavy atom. The summed E-state index contributed by atoms with van der Waals surface area (Å²) in [5.74, 6) is 1.46. The van der Waals surface area contributed by atoms with Crippen molar-refractivity contribution in [3.8, 4) is 11.5 Å². The number of ether oxygens (including phenoxy) is 1. The zero-order valence-corrected chi connectivity index (χ0v) is 12.5. The van der Waals surface area contributed by atoms with Crippen LogP contribution in [-0.2, 0) is 6.54 Å². The summed E-state index contributed by atoms with van der Waals surface area (Å²) in [7, 11) is 0. The zero-order chi connectivity index (χ0) is 15.8. The fraction of sp³-hybridized carbons (Fsp3) is 0.235. The lowest BCUT2D eigenvalue weighted by atomic mass is 10.2. The number of carbonyl (C=O) groups excluding carboxylic acids is 1. The predicted octanol–water partition coefficient (Wildman–Crippen LogP) is 2.58. The van der Waals surface area contributed by atoms with Gasteiger partial charge < -0.3 is 20.5 Å². The maximum Gasteiger partial charge on any atom is 0.315 e. The van der Waals surface area contributed by atoms with Crippen molar-refractivity contribution in [3.05, 3.63) is 59.7 Å². The standard InChI is InChI=1S/C17H20N2O3/c1-13-6-8-15(9-7-13)22-16-5-3-2-4-14(16)12-19-17(21)18-10-11-20/h2-9,20H,10-12H2,1H3,(H2,18,19,21). The number of amides is 2. The lowest BCUT2D eigenvalue weighted by molar-refractivity contribution is 0.234. The zero-order valence-electron chi connectivity index (χ0n) is 12.5. The van der Waals surface area contributed by atoms with Crippen molar-refractivity contribution in [3.63, 3.8) is 0 Å². The first kappa shape index (κ1) is 15.9. The summed E-state index contributed by atoms with van der Waals surface area (Å²) in [4.78, 5) is 11.5. The molecule has 0 aromatic heterocycles. The van der Waals surface area contributed by atoms with Crippen LogP contribution in [0, 0.1) is 6.92 Å². The second-order valence-corrected chi connectivity index (χ2v) is 4.86. The Morgan fingerprint density at radius 1 is 1.09 bits per heavy atom. The van der Waals surface area contributed by atoms with Gasteiger partial charge in [-0.1, -0.05) is 35.9 Å². The summed E-state index contributed by atoms with van der Waals surface area (Å²) in [6.07, 6.45) is 0. The van der Waals surface area contributed by atoms with E-state index in [1.54, 1.807) is 0 Å². The average Bonchev–Trinajstić information content (AvgIpc) is 2.54. The maximum atomic E-state index is 11.5. The molecule has 2 amide bonds. The molecule has 0 aliphatic carbocycles. The molecule has 0 unspecified atom stereocenters. The van der Waals surface area contributed by atoms with E-state index in [9.17, 15) is 4.79 Å². The molecule has 3 N–H and O–H groups in total. The highest BCUT2D eigenvalue weighted by molar-refractivity contribution is 5.73. The largest absolute Gasteiger partial charge is 0.457 e. The lowest BCUT2D eigenvalue weighted by Crippen LogP contribution is -2.36. The molecule has 0 radical (unpaired) electrons. The van der Waals surface area contributed by atoms with Crippen molar-refractivity contribution in [2.45, 2.75) is 13.5 Å². The molecular weight excluding hydrogens is 280 g/mol. The van der Waals surface area contributed by atoms with Crippen molar-refractivity contribution in [2.75, 3.05) is 13.2 Å². The van der Waals surface area contributed by atoms with Crippen molar-refractivity contribution in [1.82, 2.24) is 10.6 Å². The van der Waals surface area contributed by atoms with Gasteiger partial charge in [-0.2, -0.15) is 0 Å². The highest BCUT2D eigenvalue weighted by Crippen LogP contribution is 2.25. The molecule has 0 heterocycles. The molecular formula is C17H20N2O3. The van der Waals surface area contributed by atoms with Gasteiger partial charge in [-0.25, -0.2) is 4.79 Å². The first-order valence-corrected chi connectivity index (χ1v) is 7.14. The van der Waals surface area contributed by atoms with Gasteiger partial charge in [0.15, 0.2) is 0 Å². The minimum absolute atomic E-state index is 0.0828. The van der Waals surface area contributed by atoms with E-state index in [1.165, 1.54) is 5.56 Å². The summed E-state index contributed by atoms with van der Waals surface area (Å²) < 4.78 is 5.87. The first-order chi connectivity index (χ1) is 10.7. The van der Waals surface area contributed by atoms with Gasteiger partial charge in [-0.05, 0) is 25.1 Å². The second-order valence-electron chi connectivity index (χ2n) is 4.86. The number of urea groups is 1. The van der Waals surface area contributed by atoms with Crippen LogP contribution >= 0.6 is 0 Å². The number of aliphatic hydroxyl groups is 1. The Bertz CT molecular complexity index is 612. The molecule has 116 valence electrons. The van der Waals surface area contributed by atoms with E-state index < -0.39 is 0 Å². The Balaban J connectivity index is 2.00. The lowest BCUT2D eigenvalue weighted by Gasteiger charge is -2.12. The number of hydrogen-bond acceptors (Lipinski definition) is 3. The molecule has 0 fully saturated rings. The van der Waals surface area contributed by atoms with E-state index in [2.05, 4.69) is 10.6 Å². The molecule has 0 spiro atoms. The monoisotopic (exact) mass is 300 g/mol. The van der Waals surface area contributed by atoms with Crippen LogP contribution in [0.5, 0.6) is 11.5 Å². The van der Waals surface area contributed by atoms with E-state index in [4.69, 9.17) is 9.84 Å². The van der Waals surface area contributed by atoms with Crippen LogP contribution in [0.2, 0.25) is 0 Å². The third kappa shape index (κ3) is 4.79. The fourth-order valence-corrected chi connectivity index (χ4v) is 1.89. The topological polar surface area (TPSA) is 70.6 Å². The highest BCUT2D eigenvalue weighted by atomic mass is 16.5. The Hall–Kier alpha value is -2.53. The van der Waals surface area contributed by atoms with Gasteiger partial charge in [-0.3, -0.25) is 0 Å². The number of rotatable bonds is 6. The minimum Gasteiger partial charge on any atom is -0.457 e. The van der Waals surface area contributed by atoms with Crippen LogP contribution < -0.4 is 15.4 Å². The number of aryl methyl sites for hydroxylation is 1. The summed E-state index contributed by atoms with van der Waals surface area (Å²) >= 11 is 0. The van der Waals surface area contributed by atoms with Crippen LogP contribution in [0.15, 0.2) is 48.5 Å². The van der Waals surface area contributed by atoms with E-state index in [0.29, 0.717) is 12.3 Å². The number of hydrogen-bond donors (Lipinski definition) is 3. The van der Waals surface area contributed by atoms with Gasteiger partial charge in [0, 0.05) is 18.7 Å². The third-order valence-electron chi connectivity index (χ3n) is 3.06. The van der Waals surface area contributed by atoms with Crippen LogP contribution in [-0.4, -0.2) is 24.3 Å². The molecule has 22 heavy (non-hydrogen) atoms. The molecule has 5 nitrogen and oxygen atoms in total. The summed E-state index contributed by atoms with van der Waals surface area (Å²) in [5.41, 5.74) is 2.05. The van der Waals surface area contributed by atoms with Crippen molar-refractivity contribution >= 4 is 6.03 Å². The molecule has 2 rings (SSSR count). The number of benzene rings is 2. The van der Waals surface area contributed by atoms with Gasteiger partial charge in [0.05, 0.1) is 6.61 Å². The Kier molecular flexibility index (Phi) is 5.80. The summed E-state index contributed by atoms with van der Waals surface area (Å²) in [6.45, 7) is 2.51. The molecule has 0 bridgehead atoms. The van der Waals surface area contributed by atoms with Crippen LogP contribution in [0.1, 0.15) is 11.1 Å². The van der Waals surface area contributed by atoms with Crippen LogP contribution in [0.25, 0.3) is 0 Å². The molecule has 0 saturated heterocycles. The molecule has 2 aromatic carbocycles. The number of aliphatic hydroxyl groups excluding tert-OH is 1. The molecule has 0 atom stereocenters. The van der Waals surface area contributed by atoms with E-state index >= 15 is 0 Å². The third-order valence-corrected chi connectivity index (χ3v) is 3.06.